The Morgan fingerprint density at radius 3 is 2.50 bits per heavy atom. The summed E-state index contributed by atoms with van der Waals surface area (Å²) in [6, 6.07) is 13.7. The summed E-state index contributed by atoms with van der Waals surface area (Å²) in [5.74, 6) is -0.863. The number of hydrogen-bond donors (Lipinski definition) is 3. The first-order chi connectivity index (χ1) is 14.2. The lowest BCUT2D eigenvalue weighted by Gasteiger charge is -2.22. The second kappa shape index (κ2) is 8.82. The number of carbonyl (C=O) groups is 2. The Morgan fingerprint density at radius 2 is 1.80 bits per heavy atom. The monoisotopic (exact) mass is 407 g/mol. The quantitative estimate of drug-likeness (QED) is 0.589. The first-order valence-electron chi connectivity index (χ1n) is 9.62. The summed E-state index contributed by atoms with van der Waals surface area (Å²) in [4.78, 5) is 29.2. The van der Waals surface area contributed by atoms with Gasteiger partial charge < -0.3 is 20.5 Å². The highest BCUT2D eigenvalue weighted by Crippen LogP contribution is 2.23. The van der Waals surface area contributed by atoms with Crippen molar-refractivity contribution in [1.82, 2.24) is 10.3 Å². The summed E-state index contributed by atoms with van der Waals surface area (Å²) < 4.78 is 5.26. The SMILES string of the molecule is CC(C)(C)OC(=O)NC[C@H](C(=O)Nc1ccc2cnccc2c1)c1ccc(O)cc1. The van der Waals surface area contributed by atoms with E-state index >= 15 is 0 Å². The number of phenols is 1. The maximum Gasteiger partial charge on any atom is 0.407 e. The van der Waals surface area contributed by atoms with Crippen LogP contribution in [0.1, 0.15) is 32.3 Å². The number of aromatic hydroxyl groups is 1. The fourth-order valence-corrected chi connectivity index (χ4v) is 2.96. The van der Waals surface area contributed by atoms with E-state index in [-0.39, 0.29) is 18.2 Å². The summed E-state index contributed by atoms with van der Waals surface area (Å²) in [5.41, 5.74) is 0.659. The van der Waals surface area contributed by atoms with E-state index in [1.54, 1.807) is 51.4 Å². The first kappa shape index (κ1) is 21.1. The number of phenolic OH excluding ortho intramolecular Hbond substituents is 1. The highest BCUT2D eigenvalue weighted by atomic mass is 16.6. The number of alkyl carbamates (subject to hydrolysis) is 1. The molecule has 1 heterocycles. The van der Waals surface area contributed by atoms with Gasteiger partial charge in [0, 0.05) is 30.0 Å². The summed E-state index contributed by atoms with van der Waals surface area (Å²) in [5, 5.41) is 17.0. The first-order valence-corrected chi connectivity index (χ1v) is 9.62. The summed E-state index contributed by atoms with van der Waals surface area (Å²) >= 11 is 0. The number of nitrogens with zero attached hydrogens (tertiary/aromatic N) is 1. The molecule has 0 saturated heterocycles. The molecule has 3 aromatic rings. The molecule has 30 heavy (non-hydrogen) atoms. The maximum absolute atomic E-state index is 13.1. The second-order valence-corrected chi connectivity index (χ2v) is 7.95. The van der Waals surface area contributed by atoms with Crippen LogP contribution in [0.3, 0.4) is 0 Å². The molecule has 0 aliphatic carbocycles. The number of pyridine rings is 1. The van der Waals surface area contributed by atoms with E-state index in [0.29, 0.717) is 11.3 Å². The van der Waals surface area contributed by atoms with Crippen molar-refractivity contribution < 1.29 is 19.4 Å². The Hall–Kier alpha value is -3.61. The third kappa shape index (κ3) is 5.70. The molecule has 0 bridgehead atoms. The van der Waals surface area contributed by atoms with Crippen LogP contribution in [0, 0.1) is 0 Å². The van der Waals surface area contributed by atoms with E-state index in [9.17, 15) is 14.7 Å². The summed E-state index contributed by atoms with van der Waals surface area (Å²) in [6.07, 6.45) is 2.85. The fourth-order valence-electron chi connectivity index (χ4n) is 2.96. The van der Waals surface area contributed by atoms with Crippen molar-refractivity contribution >= 4 is 28.5 Å². The summed E-state index contributed by atoms with van der Waals surface area (Å²) in [7, 11) is 0. The van der Waals surface area contributed by atoms with Crippen LogP contribution >= 0.6 is 0 Å². The van der Waals surface area contributed by atoms with Crippen LogP contribution in [0.4, 0.5) is 10.5 Å². The molecule has 3 N–H and O–H groups in total. The highest BCUT2D eigenvalue weighted by Gasteiger charge is 2.23. The lowest BCUT2D eigenvalue weighted by Crippen LogP contribution is -2.37. The van der Waals surface area contributed by atoms with Gasteiger partial charge in [0.05, 0.1) is 5.92 Å². The molecule has 0 unspecified atom stereocenters. The van der Waals surface area contributed by atoms with E-state index in [1.165, 1.54) is 12.1 Å². The van der Waals surface area contributed by atoms with E-state index in [2.05, 4.69) is 15.6 Å². The van der Waals surface area contributed by atoms with Crippen molar-refractivity contribution in [3.63, 3.8) is 0 Å². The second-order valence-electron chi connectivity index (χ2n) is 7.95. The van der Waals surface area contributed by atoms with Crippen LogP contribution in [0.15, 0.2) is 60.9 Å². The van der Waals surface area contributed by atoms with Crippen molar-refractivity contribution in [3.8, 4) is 5.75 Å². The number of nitrogens with one attached hydrogen (secondary N) is 2. The minimum Gasteiger partial charge on any atom is -0.508 e. The average Bonchev–Trinajstić information content (AvgIpc) is 2.68. The maximum atomic E-state index is 13.1. The number of benzene rings is 2. The van der Waals surface area contributed by atoms with Crippen LogP contribution in [0.25, 0.3) is 10.8 Å². The lowest BCUT2D eigenvalue weighted by molar-refractivity contribution is -0.117. The van der Waals surface area contributed by atoms with Gasteiger partial charge in [-0.2, -0.15) is 0 Å². The van der Waals surface area contributed by atoms with Crippen molar-refractivity contribution in [2.45, 2.75) is 32.3 Å². The fraction of sp³-hybridized carbons (Fsp3) is 0.261. The number of aromatic nitrogens is 1. The Bertz CT molecular complexity index is 1040. The predicted molar refractivity (Wildman–Crippen MR) is 115 cm³/mol. The van der Waals surface area contributed by atoms with Crippen LogP contribution < -0.4 is 10.6 Å². The number of rotatable bonds is 5. The zero-order valence-electron chi connectivity index (χ0n) is 17.2. The van der Waals surface area contributed by atoms with Crippen molar-refractivity contribution in [1.29, 1.82) is 0 Å². The summed E-state index contributed by atoms with van der Waals surface area (Å²) in [6.45, 7) is 5.35. The van der Waals surface area contributed by atoms with Crippen molar-refractivity contribution in [3.05, 3.63) is 66.5 Å². The van der Waals surface area contributed by atoms with Crippen molar-refractivity contribution in [2.24, 2.45) is 0 Å². The van der Waals surface area contributed by atoms with E-state index in [0.717, 1.165) is 10.8 Å². The van der Waals surface area contributed by atoms with Gasteiger partial charge in [0.15, 0.2) is 0 Å². The van der Waals surface area contributed by atoms with Gasteiger partial charge >= 0.3 is 6.09 Å². The molecule has 0 fully saturated rings. The van der Waals surface area contributed by atoms with E-state index in [1.807, 2.05) is 18.2 Å². The third-order valence-electron chi connectivity index (χ3n) is 4.37. The molecule has 156 valence electrons. The van der Waals surface area contributed by atoms with Crippen molar-refractivity contribution in [2.75, 3.05) is 11.9 Å². The number of amides is 2. The van der Waals surface area contributed by atoms with Gasteiger partial charge in [0.1, 0.15) is 11.4 Å². The van der Waals surface area contributed by atoms with E-state index in [4.69, 9.17) is 4.74 Å². The smallest absolute Gasteiger partial charge is 0.407 e. The number of carbonyl (C=O) groups excluding carboxylic acids is 2. The Kier molecular flexibility index (Phi) is 6.20. The van der Waals surface area contributed by atoms with Gasteiger partial charge in [0.25, 0.3) is 0 Å². The number of hydrogen-bond acceptors (Lipinski definition) is 5. The third-order valence-corrected chi connectivity index (χ3v) is 4.37. The molecule has 0 aliphatic rings. The van der Waals surface area contributed by atoms with Crippen LogP contribution in [-0.2, 0) is 9.53 Å². The van der Waals surface area contributed by atoms with Gasteiger partial charge in [-0.3, -0.25) is 9.78 Å². The van der Waals surface area contributed by atoms with Crippen LogP contribution in [-0.4, -0.2) is 34.2 Å². The highest BCUT2D eigenvalue weighted by molar-refractivity contribution is 5.98. The minimum absolute atomic E-state index is 0.0447. The number of fused-ring (bicyclic) bond motifs is 1. The molecular weight excluding hydrogens is 382 g/mol. The molecule has 1 atom stereocenters. The van der Waals surface area contributed by atoms with Crippen LogP contribution in [0.5, 0.6) is 5.75 Å². The molecular formula is C23H25N3O4. The Balaban J connectivity index is 1.78. The molecule has 7 heteroatoms. The zero-order valence-corrected chi connectivity index (χ0v) is 17.2. The van der Waals surface area contributed by atoms with Gasteiger partial charge in [-0.15, -0.1) is 0 Å². The lowest BCUT2D eigenvalue weighted by atomic mass is 9.97. The molecule has 0 radical (unpaired) electrons. The largest absolute Gasteiger partial charge is 0.508 e. The normalized spacial score (nSPS) is 12.2. The molecule has 2 amide bonds. The standard InChI is InChI=1S/C23H25N3O4/c1-23(2,3)30-22(29)25-14-20(15-5-8-19(27)9-6-15)21(28)26-18-7-4-17-13-24-11-10-16(17)12-18/h4-13,20,27H,14H2,1-3H3,(H,25,29)(H,26,28)/t20-/m0/s1. The molecule has 0 saturated carbocycles. The van der Waals surface area contributed by atoms with Gasteiger partial charge in [0.2, 0.25) is 5.91 Å². The van der Waals surface area contributed by atoms with Gasteiger partial charge in [-0.25, -0.2) is 4.79 Å². The molecule has 7 nitrogen and oxygen atoms in total. The molecule has 2 aromatic carbocycles. The molecule has 0 spiro atoms. The van der Waals surface area contributed by atoms with Gasteiger partial charge in [-0.1, -0.05) is 18.2 Å². The van der Waals surface area contributed by atoms with E-state index < -0.39 is 17.6 Å². The Morgan fingerprint density at radius 1 is 1.07 bits per heavy atom. The number of ether oxygens (including phenoxy) is 1. The molecule has 3 rings (SSSR count). The minimum atomic E-state index is -0.675. The molecule has 1 aromatic heterocycles. The van der Waals surface area contributed by atoms with Crippen LogP contribution in [0.2, 0.25) is 0 Å². The molecule has 0 aliphatic heterocycles. The Labute approximate surface area is 175 Å². The predicted octanol–water partition coefficient (Wildman–Crippen LogP) is 4.19. The number of anilines is 1. The van der Waals surface area contributed by atoms with Gasteiger partial charge in [-0.05, 0) is 62.1 Å². The zero-order chi connectivity index (χ0) is 21.7. The topological polar surface area (TPSA) is 101 Å². The average molecular weight is 407 g/mol.